The van der Waals surface area contributed by atoms with Crippen molar-refractivity contribution in [3.63, 3.8) is 0 Å². The van der Waals surface area contributed by atoms with Crippen molar-refractivity contribution in [1.29, 1.82) is 0 Å². The highest BCUT2D eigenvalue weighted by molar-refractivity contribution is 7.89. The molecule has 0 aromatic carbocycles. The Kier molecular flexibility index (Phi) is 4.66. The highest BCUT2D eigenvalue weighted by Crippen LogP contribution is 2.44. The van der Waals surface area contributed by atoms with Crippen LogP contribution in [-0.2, 0) is 16.1 Å². The average Bonchev–Trinajstić information content (AvgIpc) is 2.53. The average molecular weight is 372 g/mol. The minimum absolute atomic E-state index is 0.256. The molecular weight excluding hydrogens is 350 g/mol. The van der Waals surface area contributed by atoms with Gasteiger partial charge < -0.3 is 14.0 Å². The summed E-state index contributed by atoms with van der Waals surface area (Å²) in [5.41, 5.74) is 0.320. The first kappa shape index (κ1) is 16.9. The fourth-order valence-corrected chi connectivity index (χ4v) is 5.71. The van der Waals surface area contributed by atoms with E-state index in [9.17, 15) is 4.55 Å². The minimum Gasteiger partial charge on any atom is -0.593 e. The van der Waals surface area contributed by atoms with Crippen molar-refractivity contribution < 1.29 is 14.0 Å². The number of aromatic nitrogens is 1. The molecule has 0 amide bonds. The molecule has 3 aliphatic rings. The van der Waals surface area contributed by atoms with Gasteiger partial charge in [0, 0.05) is 49.9 Å². The molecule has 0 bridgehead atoms. The monoisotopic (exact) mass is 371 g/mol. The molecule has 1 spiro atoms. The largest absolute Gasteiger partial charge is 0.593 e. The Balaban J connectivity index is 1.31. The first-order valence-electron chi connectivity index (χ1n) is 8.29. The van der Waals surface area contributed by atoms with Gasteiger partial charge in [0.1, 0.15) is 0 Å². The maximum atomic E-state index is 12.7. The molecule has 3 saturated heterocycles. The maximum Gasteiger partial charge on any atom is 0.214 e. The van der Waals surface area contributed by atoms with Crippen LogP contribution < -0.4 is 4.74 Å². The standard InChI is InChI=1S/C16H22ClN3O3S/c1-22-14-3-2-13(15(17)18-14)24(21)20-10-16(11-20)8-19(9-16)12-4-6-23-7-5-12/h2-3,12H,4-11H2,1H3. The minimum atomic E-state index is -1.25. The lowest BCUT2D eigenvalue weighted by atomic mass is 9.73. The van der Waals surface area contributed by atoms with E-state index < -0.39 is 11.4 Å². The normalized spacial score (nSPS) is 26.0. The third-order valence-corrected chi connectivity index (χ3v) is 7.06. The molecule has 3 fully saturated rings. The zero-order valence-electron chi connectivity index (χ0n) is 13.7. The van der Waals surface area contributed by atoms with Gasteiger partial charge in [-0.2, -0.15) is 4.98 Å². The number of hydrogen-bond acceptors (Lipinski definition) is 6. The number of hydrogen-bond donors (Lipinski definition) is 0. The Bertz CT molecular complexity index is 600. The van der Waals surface area contributed by atoms with Crippen molar-refractivity contribution >= 4 is 23.0 Å². The molecule has 0 radical (unpaired) electrons. The molecule has 3 aliphatic heterocycles. The first-order valence-corrected chi connectivity index (χ1v) is 9.78. The smallest absolute Gasteiger partial charge is 0.214 e. The lowest BCUT2D eigenvalue weighted by Gasteiger charge is -2.60. The summed E-state index contributed by atoms with van der Waals surface area (Å²) in [5.74, 6) is 0.437. The summed E-state index contributed by atoms with van der Waals surface area (Å²) in [5, 5.41) is 0.256. The van der Waals surface area contributed by atoms with Crippen LogP contribution in [-0.4, -0.2) is 71.3 Å². The molecule has 1 unspecified atom stereocenters. The van der Waals surface area contributed by atoms with Gasteiger partial charge in [0.25, 0.3) is 0 Å². The topological polar surface area (TPSA) is 60.9 Å². The predicted molar refractivity (Wildman–Crippen MR) is 91.6 cm³/mol. The summed E-state index contributed by atoms with van der Waals surface area (Å²) in [6, 6.07) is 4.11. The lowest BCUT2D eigenvalue weighted by molar-refractivity contribution is -0.116. The van der Waals surface area contributed by atoms with Gasteiger partial charge in [-0.25, -0.2) is 0 Å². The fourth-order valence-electron chi connectivity index (χ4n) is 3.93. The molecule has 0 N–H and O–H groups in total. The van der Waals surface area contributed by atoms with E-state index >= 15 is 0 Å². The Morgan fingerprint density at radius 1 is 1.29 bits per heavy atom. The molecule has 6 nitrogen and oxygen atoms in total. The number of likely N-dealkylation sites (tertiary alicyclic amines) is 1. The predicted octanol–water partition coefficient (Wildman–Crippen LogP) is 1.56. The SMILES string of the molecule is COc1ccc([S+]([O-])N2CC3(CN(C4CCOCC4)C3)C2)c(Cl)n1. The van der Waals surface area contributed by atoms with Gasteiger partial charge in [-0.05, 0) is 12.8 Å². The van der Waals surface area contributed by atoms with Gasteiger partial charge in [0.2, 0.25) is 10.8 Å². The number of ether oxygens (including phenoxy) is 2. The second-order valence-electron chi connectivity index (χ2n) is 6.94. The van der Waals surface area contributed by atoms with Crippen LogP contribution in [0.15, 0.2) is 17.0 Å². The van der Waals surface area contributed by atoms with E-state index in [4.69, 9.17) is 21.1 Å². The van der Waals surface area contributed by atoms with Crippen molar-refractivity contribution in [2.75, 3.05) is 46.5 Å². The first-order chi connectivity index (χ1) is 11.6. The van der Waals surface area contributed by atoms with Gasteiger partial charge in [0.15, 0.2) is 5.15 Å². The Hall–Kier alpha value is -0.570. The van der Waals surface area contributed by atoms with Gasteiger partial charge in [-0.3, -0.25) is 4.90 Å². The van der Waals surface area contributed by atoms with Crippen LogP contribution in [0, 0.1) is 5.41 Å². The summed E-state index contributed by atoms with van der Waals surface area (Å²) in [6.07, 6.45) is 2.28. The van der Waals surface area contributed by atoms with E-state index in [1.165, 1.54) is 7.11 Å². The van der Waals surface area contributed by atoms with Gasteiger partial charge >= 0.3 is 0 Å². The second kappa shape index (κ2) is 6.63. The van der Waals surface area contributed by atoms with Crippen LogP contribution in [0.25, 0.3) is 0 Å². The zero-order valence-corrected chi connectivity index (χ0v) is 15.3. The lowest BCUT2D eigenvalue weighted by Crippen LogP contribution is -2.74. The van der Waals surface area contributed by atoms with Crippen molar-refractivity contribution in [2.45, 2.75) is 23.8 Å². The van der Waals surface area contributed by atoms with Crippen LogP contribution in [0.4, 0.5) is 0 Å². The third kappa shape index (κ3) is 3.02. The zero-order chi connectivity index (χ0) is 16.7. The van der Waals surface area contributed by atoms with E-state index in [0.29, 0.717) is 22.2 Å². The fraction of sp³-hybridized carbons (Fsp3) is 0.688. The number of methoxy groups -OCH3 is 1. The summed E-state index contributed by atoms with van der Waals surface area (Å²) in [6.45, 7) is 5.71. The van der Waals surface area contributed by atoms with Crippen LogP contribution in [0.1, 0.15) is 12.8 Å². The number of halogens is 1. The molecule has 1 aromatic rings. The van der Waals surface area contributed by atoms with E-state index in [1.54, 1.807) is 12.1 Å². The molecule has 24 heavy (non-hydrogen) atoms. The van der Waals surface area contributed by atoms with Crippen molar-refractivity contribution in [3.05, 3.63) is 17.3 Å². The third-order valence-electron chi connectivity index (χ3n) is 5.23. The number of rotatable bonds is 4. The van der Waals surface area contributed by atoms with Crippen LogP contribution >= 0.6 is 11.6 Å². The summed E-state index contributed by atoms with van der Waals surface area (Å²) in [4.78, 5) is 7.22. The van der Waals surface area contributed by atoms with Crippen LogP contribution in [0.3, 0.4) is 0 Å². The Morgan fingerprint density at radius 2 is 2.00 bits per heavy atom. The van der Waals surface area contributed by atoms with Crippen molar-refractivity contribution in [3.8, 4) is 5.88 Å². The molecular formula is C16H22ClN3O3S. The van der Waals surface area contributed by atoms with E-state index in [-0.39, 0.29) is 5.15 Å². The van der Waals surface area contributed by atoms with Crippen molar-refractivity contribution in [2.24, 2.45) is 5.41 Å². The van der Waals surface area contributed by atoms with E-state index in [2.05, 4.69) is 9.88 Å². The molecule has 1 atom stereocenters. The number of pyridine rings is 1. The maximum absolute atomic E-state index is 12.7. The Labute approximate surface area is 150 Å². The quantitative estimate of drug-likeness (QED) is 0.591. The molecule has 0 aliphatic carbocycles. The molecule has 1 aromatic heterocycles. The highest BCUT2D eigenvalue weighted by atomic mass is 35.5. The summed E-state index contributed by atoms with van der Waals surface area (Å²) in [7, 11) is 1.54. The van der Waals surface area contributed by atoms with Crippen molar-refractivity contribution in [1.82, 2.24) is 14.2 Å². The molecule has 4 rings (SSSR count). The van der Waals surface area contributed by atoms with E-state index in [1.807, 2.05) is 4.31 Å². The molecule has 8 heteroatoms. The van der Waals surface area contributed by atoms with Gasteiger partial charge in [0.05, 0.1) is 31.6 Å². The Morgan fingerprint density at radius 3 is 2.62 bits per heavy atom. The van der Waals surface area contributed by atoms with E-state index in [0.717, 1.165) is 52.2 Å². The molecule has 0 saturated carbocycles. The molecule has 4 heterocycles. The van der Waals surface area contributed by atoms with Crippen LogP contribution in [0.2, 0.25) is 5.15 Å². The molecule has 132 valence electrons. The second-order valence-corrected chi connectivity index (χ2v) is 8.75. The van der Waals surface area contributed by atoms with Gasteiger partial charge in [-0.1, -0.05) is 11.6 Å². The van der Waals surface area contributed by atoms with Gasteiger partial charge in [-0.15, -0.1) is 4.31 Å². The highest BCUT2D eigenvalue weighted by Gasteiger charge is 2.57. The van der Waals surface area contributed by atoms with Crippen LogP contribution in [0.5, 0.6) is 5.88 Å². The summed E-state index contributed by atoms with van der Waals surface area (Å²) >= 11 is 4.89. The summed E-state index contributed by atoms with van der Waals surface area (Å²) < 4.78 is 25.2. The number of nitrogens with zero attached hydrogens (tertiary/aromatic N) is 3.